The van der Waals surface area contributed by atoms with E-state index in [0.29, 0.717) is 36.5 Å². The summed E-state index contributed by atoms with van der Waals surface area (Å²) in [5.41, 5.74) is 2.57. The molecule has 0 spiro atoms. The molecular formula is C27H26BrN3O3S2. The Balaban J connectivity index is 1.45. The maximum Gasteiger partial charge on any atom is 0.263 e. The van der Waals surface area contributed by atoms with Crippen LogP contribution < -0.4 is 10.9 Å². The van der Waals surface area contributed by atoms with Gasteiger partial charge in [0.05, 0.1) is 23.3 Å². The molecule has 0 saturated heterocycles. The number of thiophene rings is 1. The number of rotatable bonds is 7. The van der Waals surface area contributed by atoms with E-state index < -0.39 is 0 Å². The van der Waals surface area contributed by atoms with Crippen molar-refractivity contribution in [3.8, 4) is 0 Å². The highest BCUT2D eigenvalue weighted by Crippen LogP contribution is 2.37. The molecule has 2 aromatic heterocycles. The van der Waals surface area contributed by atoms with Crippen LogP contribution in [0.25, 0.3) is 10.2 Å². The van der Waals surface area contributed by atoms with E-state index >= 15 is 0 Å². The lowest BCUT2D eigenvalue weighted by atomic mass is 9.94. The molecule has 0 unspecified atom stereocenters. The van der Waals surface area contributed by atoms with Gasteiger partial charge in [-0.2, -0.15) is 0 Å². The fourth-order valence-corrected chi connectivity index (χ4v) is 6.49. The fraction of sp³-hybridized carbons (Fsp3) is 0.296. The number of halogens is 1. The molecule has 0 bridgehead atoms. The topological polar surface area (TPSA) is 73.2 Å². The van der Waals surface area contributed by atoms with E-state index in [2.05, 4.69) is 47.2 Å². The zero-order valence-corrected chi connectivity index (χ0v) is 23.3. The van der Waals surface area contributed by atoms with Crippen molar-refractivity contribution in [2.45, 2.75) is 50.6 Å². The van der Waals surface area contributed by atoms with Gasteiger partial charge in [-0.3, -0.25) is 14.2 Å². The van der Waals surface area contributed by atoms with Gasteiger partial charge in [0, 0.05) is 28.0 Å². The minimum absolute atomic E-state index is 0.0399. The molecule has 3 heterocycles. The first-order chi connectivity index (χ1) is 17.3. The molecule has 36 heavy (non-hydrogen) atoms. The number of aryl methyl sites for hydroxylation is 1. The summed E-state index contributed by atoms with van der Waals surface area (Å²) in [7, 11) is 0. The van der Waals surface area contributed by atoms with E-state index in [1.807, 2.05) is 42.5 Å². The van der Waals surface area contributed by atoms with Crippen LogP contribution in [0.3, 0.4) is 0 Å². The molecule has 6 nitrogen and oxygen atoms in total. The van der Waals surface area contributed by atoms with E-state index in [0.717, 1.165) is 31.0 Å². The molecule has 1 aliphatic rings. The molecule has 1 N–H and O–H groups in total. The molecule has 2 aromatic carbocycles. The van der Waals surface area contributed by atoms with Crippen molar-refractivity contribution in [1.82, 2.24) is 9.55 Å². The molecule has 0 atom stereocenters. The Morgan fingerprint density at radius 2 is 1.94 bits per heavy atom. The zero-order chi connectivity index (χ0) is 25.3. The predicted molar refractivity (Wildman–Crippen MR) is 150 cm³/mol. The average molecular weight is 585 g/mol. The van der Waals surface area contributed by atoms with E-state index in [9.17, 15) is 9.59 Å². The van der Waals surface area contributed by atoms with Gasteiger partial charge in [0.2, 0.25) is 5.91 Å². The molecule has 4 aromatic rings. The highest BCUT2D eigenvalue weighted by atomic mass is 79.9. The van der Waals surface area contributed by atoms with E-state index in [-0.39, 0.29) is 22.8 Å². The van der Waals surface area contributed by atoms with Gasteiger partial charge in [0.1, 0.15) is 4.83 Å². The van der Waals surface area contributed by atoms with Gasteiger partial charge in [-0.15, -0.1) is 11.3 Å². The van der Waals surface area contributed by atoms with Crippen LogP contribution in [0.15, 0.2) is 69.0 Å². The molecule has 9 heteroatoms. The molecule has 0 radical (unpaired) electrons. The summed E-state index contributed by atoms with van der Waals surface area (Å²) in [5, 5.41) is 4.17. The second-order valence-electron chi connectivity index (χ2n) is 9.34. The van der Waals surface area contributed by atoms with Crippen molar-refractivity contribution in [2.24, 2.45) is 0 Å². The van der Waals surface area contributed by atoms with Crippen LogP contribution in [0.5, 0.6) is 0 Å². The number of anilines is 1. The van der Waals surface area contributed by atoms with E-state index in [1.165, 1.54) is 23.1 Å². The number of carbonyl (C=O) groups is 1. The highest BCUT2D eigenvalue weighted by molar-refractivity contribution is 9.10. The second kappa shape index (κ2) is 10.5. The smallest absolute Gasteiger partial charge is 0.263 e. The maximum atomic E-state index is 13.9. The molecule has 0 fully saturated rings. The van der Waals surface area contributed by atoms with E-state index in [4.69, 9.17) is 9.72 Å². The van der Waals surface area contributed by atoms with Gasteiger partial charge < -0.3 is 10.1 Å². The second-order valence-corrected chi connectivity index (χ2v) is 12.3. The summed E-state index contributed by atoms with van der Waals surface area (Å²) in [6.45, 7) is 5.09. The lowest BCUT2D eigenvalue weighted by Crippen LogP contribution is -2.32. The largest absolute Gasteiger partial charge is 0.370 e. The molecule has 0 saturated carbocycles. The SMILES string of the molecule is CC1(C)Cc2c(sc3nc(SCC(=O)Nc4ccc(Br)cc4)n(CCc4ccccc4)c(=O)c23)CO1. The Bertz CT molecular complexity index is 1460. The quantitative estimate of drug-likeness (QED) is 0.212. The number of fused-ring (bicyclic) bond motifs is 3. The molecule has 1 amide bonds. The Morgan fingerprint density at radius 1 is 1.19 bits per heavy atom. The van der Waals surface area contributed by atoms with Gasteiger partial charge >= 0.3 is 0 Å². The van der Waals surface area contributed by atoms with Crippen molar-refractivity contribution in [3.63, 3.8) is 0 Å². The first-order valence-electron chi connectivity index (χ1n) is 11.7. The third-order valence-corrected chi connectivity index (χ3v) is 8.69. The number of nitrogens with zero attached hydrogens (tertiary/aromatic N) is 2. The minimum Gasteiger partial charge on any atom is -0.370 e. The lowest BCUT2D eigenvalue weighted by molar-refractivity contribution is -0.113. The molecule has 1 aliphatic heterocycles. The van der Waals surface area contributed by atoms with Crippen molar-refractivity contribution >= 4 is 60.8 Å². The third-order valence-electron chi connectivity index (χ3n) is 6.08. The lowest BCUT2D eigenvalue weighted by Gasteiger charge is -2.29. The van der Waals surface area contributed by atoms with Gasteiger partial charge in [0.25, 0.3) is 5.56 Å². The summed E-state index contributed by atoms with van der Waals surface area (Å²) in [4.78, 5) is 33.2. The number of amides is 1. The van der Waals surface area contributed by atoms with Crippen molar-refractivity contribution < 1.29 is 9.53 Å². The number of aromatic nitrogens is 2. The van der Waals surface area contributed by atoms with Crippen LogP contribution in [0, 0.1) is 0 Å². The number of ether oxygens (including phenoxy) is 1. The first-order valence-corrected chi connectivity index (χ1v) is 14.3. The van der Waals surface area contributed by atoms with Crippen LogP contribution in [0.1, 0.15) is 29.9 Å². The Hall–Kier alpha value is -2.46. The normalized spacial score (nSPS) is 14.5. The van der Waals surface area contributed by atoms with Crippen LogP contribution in [0.4, 0.5) is 5.69 Å². The Labute approximate surface area is 226 Å². The number of nitrogens with one attached hydrogen (secondary N) is 1. The van der Waals surface area contributed by atoms with Crippen LogP contribution in [-0.2, 0) is 35.5 Å². The van der Waals surface area contributed by atoms with Crippen LogP contribution in [-0.4, -0.2) is 26.8 Å². The number of thioether (sulfide) groups is 1. The monoisotopic (exact) mass is 583 g/mol. The number of hydrogen-bond donors (Lipinski definition) is 1. The molecule has 0 aliphatic carbocycles. The molecule has 5 rings (SSSR count). The number of carbonyl (C=O) groups excluding carboxylic acids is 1. The Morgan fingerprint density at radius 3 is 2.69 bits per heavy atom. The summed E-state index contributed by atoms with van der Waals surface area (Å²) in [5.74, 6) is 0.00696. The third kappa shape index (κ3) is 5.59. The first kappa shape index (κ1) is 25.2. The van der Waals surface area contributed by atoms with Gasteiger partial charge in [0.15, 0.2) is 5.16 Å². The van der Waals surface area contributed by atoms with Crippen molar-refractivity contribution in [2.75, 3.05) is 11.1 Å². The summed E-state index contributed by atoms with van der Waals surface area (Å²) < 4.78 is 8.67. The number of benzene rings is 2. The zero-order valence-electron chi connectivity index (χ0n) is 20.0. The minimum atomic E-state index is -0.319. The van der Waals surface area contributed by atoms with Crippen LogP contribution >= 0.6 is 39.0 Å². The summed E-state index contributed by atoms with van der Waals surface area (Å²) >= 11 is 6.22. The van der Waals surface area contributed by atoms with E-state index in [1.54, 1.807) is 4.57 Å². The maximum absolute atomic E-state index is 13.9. The average Bonchev–Trinajstić information content (AvgIpc) is 3.21. The molecule has 186 valence electrons. The highest BCUT2D eigenvalue weighted by Gasteiger charge is 2.31. The van der Waals surface area contributed by atoms with Crippen LogP contribution in [0.2, 0.25) is 0 Å². The van der Waals surface area contributed by atoms with Crippen molar-refractivity contribution in [1.29, 1.82) is 0 Å². The van der Waals surface area contributed by atoms with Gasteiger partial charge in [-0.05, 0) is 55.7 Å². The van der Waals surface area contributed by atoms with Gasteiger partial charge in [-0.25, -0.2) is 4.98 Å². The summed E-state index contributed by atoms with van der Waals surface area (Å²) in [6, 6.07) is 17.5. The van der Waals surface area contributed by atoms with Crippen molar-refractivity contribution in [3.05, 3.63) is 85.4 Å². The molecular weight excluding hydrogens is 558 g/mol. The fourth-order valence-electron chi connectivity index (χ4n) is 4.26. The number of hydrogen-bond acceptors (Lipinski definition) is 6. The van der Waals surface area contributed by atoms with Gasteiger partial charge in [-0.1, -0.05) is 58.0 Å². The summed E-state index contributed by atoms with van der Waals surface area (Å²) in [6.07, 6.45) is 1.38. The predicted octanol–water partition coefficient (Wildman–Crippen LogP) is 6.05. The standard InChI is InChI=1S/C27H26BrN3O3S2/c1-27(2)14-20-21(15-34-27)36-24-23(20)25(33)31(13-12-17-6-4-3-5-7-17)26(30-24)35-16-22(32)29-19-10-8-18(28)9-11-19/h3-11H,12-16H2,1-2H3,(H,29,32). The Kier molecular flexibility index (Phi) is 7.35.